The summed E-state index contributed by atoms with van der Waals surface area (Å²) in [5.74, 6) is 1.17. The first-order chi connectivity index (χ1) is 10.3. The van der Waals surface area contributed by atoms with E-state index in [1.165, 1.54) is 17.5 Å². The van der Waals surface area contributed by atoms with E-state index in [0.29, 0.717) is 11.8 Å². The number of aliphatic hydroxyl groups excluding tert-OH is 1. The van der Waals surface area contributed by atoms with Gasteiger partial charge in [-0.2, -0.15) is 0 Å². The summed E-state index contributed by atoms with van der Waals surface area (Å²) in [6.07, 6.45) is 8.49. The highest BCUT2D eigenvalue weighted by Gasteiger charge is 2.23. The molecule has 1 aromatic carbocycles. The van der Waals surface area contributed by atoms with Gasteiger partial charge in [-0.1, -0.05) is 30.3 Å². The normalized spacial score (nSPS) is 33.6. The second-order valence-electron chi connectivity index (χ2n) is 6.55. The molecular formula is C19H26O2. The van der Waals surface area contributed by atoms with Gasteiger partial charge >= 0.3 is 0 Å². The highest BCUT2D eigenvalue weighted by atomic mass is 16.5. The Morgan fingerprint density at radius 2 is 1.48 bits per heavy atom. The molecule has 1 saturated carbocycles. The molecule has 1 aliphatic carbocycles. The third kappa shape index (κ3) is 3.56. The average molecular weight is 286 g/mol. The number of hydrogen-bond donors (Lipinski definition) is 1. The molecule has 2 nitrogen and oxygen atoms in total. The molecule has 1 aromatic rings. The molecule has 1 aliphatic heterocycles. The molecule has 114 valence electrons. The van der Waals surface area contributed by atoms with E-state index in [4.69, 9.17) is 4.74 Å². The van der Waals surface area contributed by atoms with Crippen molar-refractivity contribution in [3.8, 4) is 0 Å². The van der Waals surface area contributed by atoms with E-state index < -0.39 is 0 Å². The first-order valence-corrected chi connectivity index (χ1v) is 8.28. The molecule has 2 fully saturated rings. The summed E-state index contributed by atoms with van der Waals surface area (Å²) >= 11 is 0. The Balaban J connectivity index is 1.60. The Morgan fingerprint density at radius 1 is 0.905 bits per heavy atom. The molecule has 2 aliphatic rings. The Kier molecular flexibility index (Phi) is 4.77. The quantitative estimate of drug-likeness (QED) is 0.846. The van der Waals surface area contributed by atoms with E-state index in [1.807, 2.05) is 6.08 Å². The molecule has 21 heavy (non-hydrogen) atoms. The van der Waals surface area contributed by atoms with Crippen molar-refractivity contribution in [3.63, 3.8) is 0 Å². The molecule has 2 atom stereocenters. The van der Waals surface area contributed by atoms with Gasteiger partial charge < -0.3 is 9.84 Å². The standard InChI is InChI=1S/C19H26O2/c1-2-19-12-9-17(13-21-19)16-5-3-14(4-6-16)15-7-10-18(20)11-8-15/h2-6,15,17-20H,1,7-13H2. The van der Waals surface area contributed by atoms with Crippen LogP contribution >= 0.6 is 0 Å². The zero-order chi connectivity index (χ0) is 14.7. The van der Waals surface area contributed by atoms with Gasteiger partial charge in [0.2, 0.25) is 0 Å². The van der Waals surface area contributed by atoms with Crippen LogP contribution in [0.25, 0.3) is 0 Å². The number of benzene rings is 1. The Bertz CT molecular complexity index is 449. The first kappa shape index (κ1) is 14.8. The number of aliphatic hydroxyl groups is 1. The average Bonchev–Trinajstić information content (AvgIpc) is 2.56. The second-order valence-corrected chi connectivity index (χ2v) is 6.55. The van der Waals surface area contributed by atoms with Crippen LogP contribution in [-0.2, 0) is 4.74 Å². The molecule has 0 radical (unpaired) electrons. The van der Waals surface area contributed by atoms with Crippen LogP contribution in [0.1, 0.15) is 61.5 Å². The monoisotopic (exact) mass is 286 g/mol. The van der Waals surface area contributed by atoms with Crippen LogP contribution in [0.4, 0.5) is 0 Å². The smallest absolute Gasteiger partial charge is 0.0753 e. The van der Waals surface area contributed by atoms with E-state index in [9.17, 15) is 5.11 Å². The maximum atomic E-state index is 9.61. The van der Waals surface area contributed by atoms with Crippen molar-refractivity contribution in [3.05, 3.63) is 48.0 Å². The first-order valence-electron chi connectivity index (χ1n) is 8.28. The fourth-order valence-corrected chi connectivity index (χ4v) is 3.67. The van der Waals surface area contributed by atoms with Crippen LogP contribution in [0.3, 0.4) is 0 Å². The zero-order valence-electron chi connectivity index (χ0n) is 12.7. The molecule has 1 heterocycles. The Hall–Kier alpha value is -1.12. The maximum Gasteiger partial charge on any atom is 0.0753 e. The van der Waals surface area contributed by atoms with Gasteiger partial charge in [-0.15, -0.1) is 6.58 Å². The van der Waals surface area contributed by atoms with E-state index in [-0.39, 0.29) is 12.2 Å². The van der Waals surface area contributed by atoms with Crippen molar-refractivity contribution >= 4 is 0 Å². The van der Waals surface area contributed by atoms with Gasteiger partial charge in [0.25, 0.3) is 0 Å². The van der Waals surface area contributed by atoms with E-state index >= 15 is 0 Å². The lowest BCUT2D eigenvalue weighted by Crippen LogP contribution is -2.23. The Morgan fingerprint density at radius 3 is 2.00 bits per heavy atom. The molecule has 2 heteroatoms. The van der Waals surface area contributed by atoms with Crippen molar-refractivity contribution in [1.29, 1.82) is 0 Å². The molecule has 0 aromatic heterocycles. The van der Waals surface area contributed by atoms with Crippen LogP contribution in [0.2, 0.25) is 0 Å². The van der Waals surface area contributed by atoms with Crippen molar-refractivity contribution in [2.24, 2.45) is 0 Å². The predicted molar refractivity (Wildman–Crippen MR) is 85.6 cm³/mol. The summed E-state index contributed by atoms with van der Waals surface area (Å²) < 4.78 is 5.81. The minimum absolute atomic E-state index is 0.0716. The molecule has 1 saturated heterocycles. The van der Waals surface area contributed by atoms with Gasteiger partial charge in [0.1, 0.15) is 0 Å². The molecule has 0 spiro atoms. The highest BCUT2D eigenvalue weighted by Crippen LogP contribution is 2.34. The van der Waals surface area contributed by atoms with Gasteiger partial charge in [0, 0.05) is 5.92 Å². The Labute approximate surface area is 127 Å². The third-order valence-electron chi connectivity index (χ3n) is 5.15. The maximum absolute atomic E-state index is 9.61. The summed E-state index contributed by atoms with van der Waals surface area (Å²) in [4.78, 5) is 0. The number of ether oxygens (including phenoxy) is 1. The van der Waals surface area contributed by atoms with Crippen molar-refractivity contribution < 1.29 is 9.84 Å². The summed E-state index contributed by atoms with van der Waals surface area (Å²) in [6, 6.07) is 9.14. The molecule has 3 rings (SSSR count). The zero-order valence-corrected chi connectivity index (χ0v) is 12.7. The van der Waals surface area contributed by atoms with Crippen molar-refractivity contribution in [1.82, 2.24) is 0 Å². The molecule has 1 N–H and O–H groups in total. The summed E-state index contributed by atoms with van der Waals surface area (Å²) in [5, 5.41) is 9.61. The van der Waals surface area contributed by atoms with Gasteiger partial charge in [-0.3, -0.25) is 0 Å². The van der Waals surface area contributed by atoms with E-state index in [1.54, 1.807) is 0 Å². The van der Waals surface area contributed by atoms with E-state index in [2.05, 4.69) is 30.8 Å². The molecule has 0 bridgehead atoms. The topological polar surface area (TPSA) is 29.5 Å². The lowest BCUT2D eigenvalue weighted by atomic mass is 9.82. The van der Waals surface area contributed by atoms with Gasteiger partial charge in [-0.05, 0) is 55.6 Å². The minimum Gasteiger partial charge on any atom is -0.393 e. The third-order valence-corrected chi connectivity index (χ3v) is 5.15. The van der Waals surface area contributed by atoms with Crippen LogP contribution in [0, 0.1) is 0 Å². The molecule has 2 unspecified atom stereocenters. The highest BCUT2D eigenvalue weighted by molar-refractivity contribution is 5.28. The number of hydrogen-bond acceptors (Lipinski definition) is 2. The van der Waals surface area contributed by atoms with Crippen molar-refractivity contribution in [2.45, 2.75) is 62.6 Å². The van der Waals surface area contributed by atoms with Crippen LogP contribution in [-0.4, -0.2) is 23.9 Å². The van der Waals surface area contributed by atoms with Gasteiger partial charge in [0.15, 0.2) is 0 Å². The predicted octanol–water partition coefficient (Wildman–Crippen LogP) is 4.15. The molecule has 0 amide bonds. The molecular weight excluding hydrogens is 260 g/mol. The largest absolute Gasteiger partial charge is 0.393 e. The summed E-state index contributed by atoms with van der Waals surface area (Å²) in [7, 11) is 0. The lowest BCUT2D eigenvalue weighted by molar-refractivity contribution is 0.0329. The minimum atomic E-state index is -0.0716. The SMILES string of the molecule is C=CC1CCC(c2ccc(C3CCC(O)CC3)cc2)CO1. The summed E-state index contributed by atoms with van der Waals surface area (Å²) in [5.41, 5.74) is 2.84. The van der Waals surface area contributed by atoms with E-state index in [0.717, 1.165) is 38.7 Å². The summed E-state index contributed by atoms with van der Waals surface area (Å²) in [6.45, 7) is 4.62. The number of rotatable bonds is 3. The fourth-order valence-electron chi connectivity index (χ4n) is 3.67. The van der Waals surface area contributed by atoms with Crippen molar-refractivity contribution in [2.75, 3.05) is 6.61 Å². The second kappa shape index (κ2) is 6.76. The van der Waals surface area contributed by atoms with Crippen LogP contribution < -0.4 is 0 Å². The fraction of sp³-hybridized carbons (Fsp3) is 0.579. The van der Waals surface area contributed by atoms with Crippen LogP contribution in [0.5, 0.6) is 0 Å². The van der Waals surface area contributed by atoms with Gasteiger partial charge in [-0.25, -0.2) is 0 Å². The van der Waals surface area contributed by atoms with Gasteiger partial charge in [0.05, 0.1) is 18.8 Å². The lowest BCUT2D eigenvalue weighted by Gasteiger charge is -2.28. The van der Waals surface area contributed by atoms with Crippen LogP contribution in [0.15, 0.2) is 36.9 Å².